The molecule has 1 rings (SSSR count). The number of hydrogen-bond acceptors (Lipinski definition) is 3. The Morgan fingerprint density at radius 1 is 1.53 bits per heavy atom. The van der Waals surface area contributed by atoms with E-state index in [4.69, 9.17) is 4.74 Å². The van der Waals surface area contributed by atoms with E-state index in [0.29, 0.717) is 23.5 Å². The zero-order valence-corrected chi connectivity index (χ0v) is 13.6. The van der Waals surface area contributed by atoms with Crippen LogP contribution in [0.1, 0.15) is 23.7 Å². The molecule has 0 spiro atoms. The van der Waals surface area contributed by atoms with Crippen molar-refractivity contribution in [3.63, 3.8) is 0 Å². The van der Waals surface area contributed by atoms with E-state index in [2.05, 4.69) is 21.2 Å². The number of amides is 1. The van der Waals surface area contributed by atoms with Crippen molar-refractivity contribution >= 4 is 32.6 Å². The van der Waals surface area contributed by atoms with Gasteiger partial charge >= 0.3 is 0 Å². The van der Waals surface area contributed by atoms with Crippen LogP contribution in [0, 0.1) is 0 Å². The minimum atomic E-state index is -0.836. The quantitative estimate of drug-likeness (QED) is 0.859. The van der Waals surface area contributed by atoms with Crippen molar-refractivity contribution in [2.24, 2.45) is 0 Å². The van der Waals surface area contributed by atoms with Gasteiger partial charge in [-0.15, -0.1) is 0 Å². The Hall–Kier alpha value is -0.880. The first-order valence-electron chi connectivity index (χ1n) is 5.88. The molecule has 1 amide bonds. The molecule has 19 heavy (non-hydrogen) atoms. The molecule has 1 aromatic carbocycles. The summed E-state index contributed by atoms with van der Waals surface area (Å²) < 4.78 is 16.8. The van der Waals surface area contributed by atoms with Gasteiger partial charge in [-0.05, 0) is 47.5 Å². The molecule has 2 unspecified atom stereocenters. The fourth-order valence-corrected chi connectivity index (χ4v) is 2.63. The molecule has 0 bridgehead atoms. The molecule has 6 heteroatoms. The summed E-state index contributed by atoms with van der Waals surface area (Å²) >= 11 is 3.35. The summed E-state index contributed by atoms with van der Waals surface area (Å²) in [5, 5.41) is 2.88. The summed E-state index contributed by atoms with van der Waals surface area (Å²) in [4.78, 5) is 12.1. The van der Waals surface area contributed by atoms with Gasteiger partial charge < -0.3 is 10.1 Å². The van der Waals surface area contributed by atoms with Gasteiger partial charge in [0.15, 0.2) is 0 Å². The Morgan fingerprint density at radius 3 is 2.79 bits per heavy atom. The summed E-state index contributed by atoms with van der Waals surface area (Å²) in [7, 11) is 0.724. The van der Waals surface area contributed by atoms with Crippen molar-refractivity contribution < 1.29 is 13.7 Å². The normalized spacial score (nSPS) is 13.7. The van der Waals surface area contributed by atoms with Gasteiger partial charge in [0.25, 0.3) is 5.91 Å². The average molecular weight is 348 g/mol. The maximum absolute atomic E-state index is 12.1. The molecule has 0 heterocycles. The third-order valence-corrected chi connectivity index (χ3v) is 4.14. The second kappa shape index (κ2) is 7.65. The van der Waals surface area contributed by atoms with Gasteiger partial charge in [-0.1, -0.05) is 0 Å². The first-order chi connectivity index (χ1) is 8.93. The highest BCUT2D eigenvalue weighted by molar-refractivity contribution is 9.10. The maximum Gasteiger partial charge on any atom is 0.252 e. The largest absolute Gasteiger partial charge is 0.497 e. The molecule has 0 fully saturated rings. The Labute approximate surface area is 124 Å². The third kappa shape index (κ3) is 5.32. The zero-order chi connectivity index (χ0) is 14.4. The molecule has 106 valence electrons. The van der Waals surface area contributed by atoms with Gasteiger partial charge in [0.2, 0.25) is 0 Å². The fraction of sp³-hybridized carbons (Fsp3) is 0.462. The van der Waals surface area contributed by atoms with Gasteiger partial charge in [-0.2, -0.15) is 0 Å². The number of carbonyl (C=O) groups is 1. The summed E-state index contributed by atoms with van der Waals surface area (Å²) in [5.41, 5.74) is 0.531. The molecule has 0 radical (unpaired) electrons. The van der Waals surface area contributed by atoms with Crippen LogP contribution in [-0.2, 0) is 10.8 Å². The molecular weight excluding hydrogens is 330 g/mol. The van der Waals surface area contributed by atoms with Crippen LogP contribution in [0.15, 0.2) is 22.7 Å². The number of carbonyl (C=O) groups excluding carboxylic acids is 1. The van der Waals surface area contributed by atoms with Crippen LogP contribution < -0.4 is 10.1 Å². The first-order valence-corrected chi connectivity index (χ1v) is 8.40. The SMILES string of the molecule is COc1ccc(Br)c(C(=O)NC(C)CCS(C)=O)c1. The first kappa shape index (κ1) is 16.2. The third-order valence-electron chi connectivity index (χ3n) is 2.63. The van der Waals surface area contributed by atoms with E-state index in [1.54, 1.807) is 31.6 Å². The van der Waals surface area contributed by atoms with E-state index in [1.807, 2.05) is 6.92 Å². The van der Waals surface area contributed by atoms with Crippen LogP contribution in [0.25, 0.3) is 0 Å². The van der Waals surface area contributed by atoms with E-state index >= 15 is 0 Å². The number of nitrogens with one attached hydrogen (secondary N) is 1. The molecule has 0 aliphatic rings. The number of halogens is 1. The molecular formula is C13H18BrNO3S. The molecule has 1 aromatic rings. The number of methoxy groups -OCH3 is 1. The lowest BCUT2D eigenvalue weighted by molar-refractivity contribution is 0.0938. The van der Waals surface area contributed by atoms with Crippen molar-refractivity contribution in [3.05, 3.63) is 28.2 Å². The van der Waals surface area contributed by atoms with Crippen molar-refractivity contribution in [1.29, 1.82) is 0 Å². The highest BCUT2D eigenvalue weighted by Gasteiger charge is 2.14. The van der Waals surface area contributed by atoms with Crippen LogP contribution in [-0.4, -0.2) is 35.3 Å². The summed E-state index contributed by atoms with van der Waals surface area (Å²) in [6, 6.07) is 5.23. The van der Waals surface area contributed by atoms with Crippen molar-refractivity contribution in [2.75, 3.05) is 19.1 Å². The molecule has 1 N–H and O–H groups in total. The topological polar surface area (TPSA) is 55.4 Å². The maximum atomic E-state index is 12.1. The lowest BCUT2D eigenvalue weighted by Gasteiger charge is -2.14. The van der Waals surface area contributed by atoms with E-state index in [9.17, 15) is 9.00 Å². The van der Waals surface area contributed by atoms with E-state index in [0.717, 1.165) is 4.47 Å². The summed E-state index contributed by atoms with van der Waals surface area (Å²) in [5.74, 6) is 1.05. The molecule has 0 aliphatic heterocycles. The van der Waals surface area contributed by atoms with Gasteiger partial charge in [-0.25, -0.2) is 0 Å². The highest BCUT2D eigenvalue weighted by Crippen LogP contribution is 2.22. The predicted octanol–water partition coefficient (Wildman–Crippen LogP) is 2.34. The highest BCUT2D eigenvalue weighted by atomic mass is 79.9. The van der Waals surface area contributed by atoms with E-state index < -0.39 is 10.8 Å². The van der Waals surface area contributed by atoms with Gasteiger partial charge in [0.1, 0.15) is 5.75 Å². The van der Waals surface area contributed by atoms with Crippen molar-refractivity contribution in [3.8, 4) is 5.75 Å². The van der Waals surface area contributed by atoms with E-state index in [-0.39, 0.29) is 11.9 Å². The molecule has 0 aromatic heterocycles. The summed E-state index contributed by atoms with van der Waals surface area (Å²) in [6.07, 6.45) is 2.35. The minimum absolute atomic E-state index is 0.0190. The van der Waals surface area contributed by atoms with Crippen molar-refractivity contribution in [2.45, 2.75) is 19.4 Å². The van der Waals surface area contributed by atoms with Crippen LogP contribution >= 0.6 is 15.9 Å². The van der Waals surface area contributed by atoms with Gasteiger partial charge in [0, 0.05) is 33.3 Å². The van der Waals surface area contributed by atoms with Crippen LogP contribution in [0.3, 0.4) is 0 Å². The lowest BCUT2D eigenvalue weighted by Crippen LogP contribution is -2.33. The lowest BCUT2D eigenvalue weighted by atomic mass is 10.1. The number of rotatable bonds is 6. The fourth-order valence-electron chi connectivity index (χ4n) is 1.52. The van der Waals surface area contributed by atoms with Crippen LogP contribution in [0.5, 0.6) is 5.75 Å². The number of ether oxygens (including phenoxy) is 1. The molecule has 0 aliphatic carbocycles. The smallest absolute Gasteiger partial charge is 0.252 e. The Kier molecular flexibility index (Phi) is 6.51. The standard InChI is InChI=1S/C13H18BrNO3S/c1-9(6-7-19(3)17)15-13(16)11-8-10(18-2)4-5-12(11)14/h4-5,8-9H,6-7H2,1-3H3,(H,15,16). The average Bonchev–Trinajstić information content (AvgIpc) is 2.36. The molecule has 0 saturated carbocycles. The van der Waals surface area contributed by atoms with Gasteiger partial charge in [0.05, 0.1) is 12.7 Å². The van der Waals surface area contributed by atoms with Crippen LogP contribution in [0.4, 0.5) is 0 Å². The monoisotopic (exact) mass is 347 g/mol. The minimum Gasteiger partial charge on any atom is -0.497 e. The number of benzene rings is 1. The Bertz CT molecular complexity index is 479. The molecule has 0 saturated heterocycles. The predicted molar refractivity (Wildman–Crippen MR) is 81.2 cm³/mol. The Balaban J connectivity index is 2.69. The van der Waals surface area contributed by atoms with Gasteiger partial charge in [-0.3, -0.25) is 9.00 Å². The zero-order valence-electron chi connectivity index (χ0n) is 11.2. The molecule has 4 nitrogen and oxygen atoms in total. The molecule has 2 atom stereocenters. The Morgan fingerprint density at radius 2 is 2.21 bits per heavy atom. The number of hydrogen-bond donors (Lipinski definition) is 1. The van der Waals surface area contributed by atoms with Crippen LogP contribution in [0.2, 0.25) is 0 Å². The summed E-state index contributed by atoms with van der Waals surface area (Å²) in [6.45, 7) is 1.90. The van der Waals surface area contributed by atoms with E-state index in [1.165, 1.54) is 0 Å². The second-order valence-electron chi connectivity index (χ2n) is 4.29. The second-order valence-corrected chi connectivity index (χ2v) is 6.70. The van der Waals surface area contributed by atoms with Crippen molar-refractivity contribution in [1.82, 2.24) is 5.32 Å².